The molecule has 2 aromatic carbocycles. The van der Waals surface area contributed by atoms with E-state index in [9.17, 15) is 4.79 Å². The van der Waals surface area contributed by atoms with E-state index in [-0.39, 0.29) is 5.91 Å². The number of benzene rings is 2. The van der Waals surface area contributed by atoms with Crippen LogP contribution in [-0.4, -0.2) is 12.5 Å². The van der Waals surface area contributed by atoms with Crippen LogP contribution in [0.25, 0.3) is 0 Å². The first-order valence-corrected chi connectivity index (χ1v) is 7.29. The molecule has 21 heavy (non-hydrogen) atoms. The molecule has 0 aliphatic rings. The van der Waals surface area contributed by atoms with Gasteiger partial charge in [-0.05, 0) is 49.7 Å². The second kappa shape index (κ2) is 7.14. The number of nitrogens with one attached hydrogen (secondary N) is 2. The normalized spacial score (nSPS) is 10.2. The molecular weight excluding hydrogens is 284 g/mol. The molecule has 0 bridgehead atoms. The third kappa shape index (κ3) is 4.80. The summed E-state index contributed by atoms with van der Waals surface area (Å²) >= 11 is 5.82. The van der Waals surface area contributed by atoms with Crippen LogP contribution in [0.1, 0.15) is 17.5 Å². The molecule has 3 nitrogen and oxygen atoms in total. The number of halogens is 1. The fourth-order valence-electron chi connectivity index (χ4n) is 2.05. The number of rotatable bonds is 5. The minimum atomic E-state index is 0.00316. The highest BCUT2D eigenvalue weighted by atomic mass is 35.5. The summed E-state index contributed by atoms with van der Waals surface area (Å²) in [5, 5.41) is 6.83. The van der Waals surface area contributed by atoms with Crippen molar-refractivity contribution in [3.8, 4) is 0 Å². The van der Waals surface area contributed by atoms with Crippen LogP contribution in [-0.2, 0) is 4.79 Å². The number of hydrogen-bond donors (Lipinski definition) is 2. The molecule has 2 aromatic rings. The van der Waals surface area contributed by atoms with E-state index in [2.05, 4.69) is 16.7 Å². The van der Waals surface area contributed by atoms with E-state index >= 15 is 0 Å². The van der Waals surface area contributed by atoms with Gasteiger partial charge >= 0.3 is 0 Å². The summed E-state index contributed by atoms with van der Waals surface area (Å²) in [6.07, 6.45) is 0.413. The Morgan fingerprint density at radius 2 is 1.81 bits per heavy atom. The first-order valence-electron chi connectivity index (χ1n) is 6.91. The fourth-order valence-corrected chi connectivity index (χ4v) is 2.18. The minimum Gasteiger partial charge on any atom is -0.385 e. The van der Waals surface area contributed by atoms with Crippen molar-refractivity contribution >= 4 is 28.9 Å². The van der Waals surface area contributed by atoms with Crippen LogP contribution in [0, 0.1) is 13.8 Å². The standard InChI is InChI=1S/C17H19ClN2O/c1-12-3-8-16(13(2)11-12)20-17(21)9-10-19-15-6-4-14(18)5-7-15/h3-8,11,19H,9-10H2,1-2H3,(H,20,21). The van der Waals surface area contributed by atoms with E-state index in [1.54, 1.807) is 0 Å². The Morgan fingerprint density at radius 1 is 1.10 bits per heavy atom. The molecule has 0 spiro atoms. The summed E-state index contributed by atoms with van der Waals surface area (Å²) in [4.78, 5) is 11.9. The monoisotopic (exact) mass is 302 g/mol. The summed E-state index contributed by atoms with van der Waals surface area (Å²) in [5.41, 5.74) is 4.10. The van der Waals surface area contributed by atoms with Crippen molar-refractivity contribution in [3.63, 3.8) is 0 Å². The quantitative estimate of drug-likeness (QED) is 0.859. The van der Waals surface area contributed by atoms with Gasteiger partial charge in [-0.3, -0.25) is 4.79 Å². The maximum absolute atomic E-state index is 11.9. The smallest absolute Gasteiger partial charge is 0.226 e. The molecule has 0 saturated heterocycles. The summed E-state index contributed by atoms with van der Waals surface area (Å²) in [6, 6.07) is 13.4. The first-order chi connectivity index (χ1) is 10.0. The maximum Gasteiger partial charge on any atom is 0.226 e. The molecule has 0 aliphatic heterocycles. The second-order valence-electron chi connectivity index (χ2n) is 5.05. The van der Waals surface area contributed by atoms with Crippen molar-refractivity contribution in [3.05, 3.63) is 58.6 Å². The van der Waals surface area contributed by atoms with Gasteiger partial charge in [0.1, 0.15) is 0 Å². The van der Waals surface area contributed by atoms with Gasteiger partial charge in [-0.2, -0.15) is 0 Å². The number of hydrogen-bond acceptors (Lipinski definition) is 2. The fraction of sp³-hybridized carbons (Fsp3) is 0.235. The number of aryl methyl sites for hydroxylation is 2. The maximum atomic E-state index is 11.9. The van der Waals surface area contributed by atoms with Crippen molar-refractivity contribution in [1.29, 1.82) is 0 Å². The lowest BCUT2D eigenvalue weighted by Crippen LogP contribution is -2.16. The molecule has 0 atom stereocenters. The molecule has 0 heterocycles. The zero-order valence-corrected chi connectivity index (χ0v) is 13.0. The van der Waals surface area contributed by atoms with E-state index in [0.717, 1.165) is 16.9 Å². The molecule has 4 heteroatoms. The summed E-state index contributed by atoms with van der Waals surface area (Å²) in [6.45, 7) is 4.61. The molecule has 0 aromatic heterocycles. The Bertz CT molecular complexity index is 623. The average molecular weight is 303 g/mol. The van der Waals surface area contributed by atoms with Crippen LogP contribution in [0.5, 0.6) is 0 Å². The molecule has 0 aliphatic carbocycles. The van der Waals surface area contributed by atoms with E-state index in [1.807, 2.05) is 50.2 Å². The van der Waals surface area contributed by atoms with Crippen LogP contribution in [0.15, 0.2) is 42.5 Å². The van der Waals surface area contributed by atoms with Gasteiger partial charge in [-0.15, -0.1) is 0 Å². The van der Waals surface area contributed by atoms with E-state index in [1.165, 1.54) is 5.56 Å². The largest absolute Gasteiger partial charge is 0.385 e. The Morgan fingerprint density at radius 3 is 2.48 bits per heavy atom. The lowest BCUT2D eigenvalue weighted by molar-refractivity contribution is -0.115. The molecule has 110 valence electrons. The second-order valence-corrected chi connectivity index (χ2v) is 5.49. The highest BCUT2D eigenvalue weighted by Gasteiger charge is 2.04. The van der Waals surface area contributed by atoms with Crippen LogP contribution in [0.4, 0.5) is 11.4 Å². The molecule has 0 fully saturated rings. The number of amides is 1. The van der Waals surface area contributed by atoms with Crippen LogP contribution in [0.3, 0.4) is 0 Å². The van der Waals surface area contributed by atoms with Crippen molar-refractivity contribution in [1.82, 2.24) is 0 Å². The molecule has 0 unspecified atom stereocenters. The van der Waals surface area contributed by atoms with Crippen LogP contribution in [0.2, 0.25) is 5.02 Å². The Kier molecular flexibility index (Phi) is 5.23. The SMILES string of the molecule is Cc1ccc(NC(=O)CCNc2ccc(Cl)cc2)c(C)c1. The Hall–Kier alpha value is -2.00. The highest BCUT2D eigenvalue weighted by molar-refractivity contribution is 6.30. The average Bonchev–Trinajstić information content (AvgIpc) is 2.44. The predicted octanol–water partition coefficient (Wildman–Crippen LogP) is 4.40. The van der Waals surface area contributed by atoms with Gasteiger partial charge in [0.25, 0.3) is 0 Å². The Balaban J connectivity index is 1.81. The molecular formula is C17H19ClN2O. The highest BCUT2D eigenvalue weighted by Crippen LogP contribution is 2.16. The van der Waals surface area contributed by atoms with Gasteiger partial charge in [0, 0.05) is 29.4 Å². The van der Waals surface area contributed by atoms with Gasteiger partial charge in [0.05, 0.1) is 0 Å². The predicted molar refractivity (Wildman–Crippen MR) is 89.1 cm³/mol. The van der Waals surface area contributed by atoms with Gasteiger partial charge in [-0.25, -0.2) is 0 Å². The number of carbonyl (C=O) groups excluding carboxylic acids is 1. The minimum absolute atomic E-state index is 0.00316. The number of anilines is 2. The van der Waals surface area contributed by atoms with E-state index < -0.39 is 0 Å². The van der Waals surface area contributed by atoms with E-state index in [0.29, 0.717) is 18.0 Å². The van der Waals surface area contributed by atoms with Crippen molar-refractivity contribution in [2.24, 2.45) is 0 Å². The molecule has 2 N–H and O–H groups in total. The van der Waals surface area contributed by atoms with Gasteiger partial charge in [0.2, 0.25) is 5.91 Å². The lowest BCUT2D eigenvalue weighted by atomic mass is 10.1. The summed E-state index contributed by atoms with van der Waals surface area (Å²) in [5.74, 6) is 0.00316. The van der Waals surface area contributed by atoms with E-state index in [4.69, 9.17) is 11.6 Å². The van der Waals surface area contributed by atoms with Crippen molar-refractivity contribution in [2.45, 2.75) is 20.3 Å². The molecule has 1 amide bonds. The van der Waals surface area contributed by atoms with Gasteiger partial charge in [0.15, 0.2) is 0 Å². The molecule has 2 rings (SSSR count). The Labute approximate surface area is 130 Å². The van der Waals surface area contributed by atoms with Gasteiger partial charge < -0.3 is 10.6 Å². The molecule has 0 radical (unpaired) electrons. The van der Waals surface area contributed by atoms with Crippen molar-refractivity contribution in [2.75, 3.05) is 17.2 Å². The first kappa shape index (κ1) is 15.4. The van der Waals surface area contributed by atoms with Crippen molar-refractivity contribution < 1.29 is 4.79 Å². The zero-order chi connectivity index (χ0) is 15.2. The molecule has 0 saturated carbocycles. The van der Waals surface area contributed by atoms with Crippen LogP contribution >= 0.6 is 11.6 Å². The third-order valence-electron chi connectivity index (χ3n) is 3.18. The number of carbonyl (C=O) groups is 1. The topological polar surface area (TPSA) is 41.1 Å². The van der Waals surface area contributed by atoms with Crippen LogP contribution < -0.4 is 10.6 Å². The van der Waals surface area contributed by atoms with Gasteiger partial charge in [-0.1, -0.05) is 29.3 Å². The lowest BCUT2D eigenvalue weighted by Gasteiger charge is -2.10. The summed E-state index contributed by atoms with van der Waals surface area (Å²) in [7, 11) is 0. The summed E-state index contributed by atoms with van der Waals surface area (Å²) < 4.78 is 0. The zero-order valence-electron chi connectivity index (χ0n) is 12.2. The third-order valence-corrected chi connectivity index (χ3v) is 3.43.